The van der Waals surface area contributed by atoms with Gasteiger partial charge >= 0.3 is 17.8 Å². The van der Waals surface area contributed by atoms with Gasteiger partial charge in [-0.2, -0.15) is 0 Å². The topological polar surface area (TPSA) is 76.2 Å². The van der Waals surface area contributed by atoms with Crippen molar-refractivity contribution in [2.75, 3.05) is 20.8 Å². The summed E-state index contributed by atoms with van der Waals surface area (Å²) in [5, 5.41) is 0. The summed E-state index contributed by atoms with van der Waals surface area (Å²) in [6.45, 7) is 1.77. The SMILES string of the molecule is CCN1C(=O)C(=O)N(Cc2cc(OC)c(OC)cc2Br)C1=O. The lowest BCUT2D eigenvalue weighted by Crippen LogP contribution is -2.33. The molecule has 0 aliphatic carbocycles. The minimum absolute atomic E-state index is 0.0269. The molecule has 1 heterocycles. The second-order valence-electron chi connectivity index (χ2n) is 4.52. The van der Waals surface area contributed by atoms with Crippen LogP contribution in [-0.4, -0.2) is 48.4 Å². The lowest BCUT2D eigenvalue weighted by molar-refractivity contribution is -0.143. The first-order chi connectivity index (χ1) is 10.4. The molecule has 1 fully saturated rings. The summed E-state index contributed by atoms with van der Waals surface area (Å²) in [6, 6.07) is 2.72. The summed E-state index contributed by atoms with van der Waals surface area (Å²) in [4.78, 5) is 37.6. The largest absolute Gasteiger partial charge is 0.493 e. The molecule has 22 heavy (non-hydrogen) atoms. The van der Waals surface area contributed by atoms with Crippen LogP contribution in [0.25, 0.3) is 0 Å². The van der Waals surface area contributed by atoms with Gasteiger partial charge in [0.1, 0.15) is 0 Å². The number of halogens is 1. The number of nitrogens with zero attached hydrogens (tertiary/aromatic N) is 2. The number of carbonyl (C=O) groups excluding carboxylic acids is 3. The molecule has 118 valence electrons. The Bertz CT molecular complexity index is 646. The molecule has 1 aromatic carbocycles. The Balaban J connectivity index is 2.33. The molecule has 1 aromatic rings. The number of imide groups is 2. The van der Waals surface area contributed by atoms with Gasteiger partial charge in [-0.25, -0.2) is 4.79 Å². The third-order valence-electron chi connectivity index (χ3n) is 3.33. The zero-order valence-corrected chi connectivity index (χ0v) is 14.0. The van der Waals surface area contributed by atoms with Gasteiger partial charge in [0.25, 0.3) is 0 Å². The van der Waals surface area contributed by atoms with E-state index in [1.54, 1.807) is 19.1 Å². The number of carbonyl (C=O) groups is 3. The summed E-state index contributed by atoms with van der Waals surface area (Å²) < 4.78 is 11.0. The molecule has 1 saturated heterocycles. The fourth-order valence-electron chi connectivity index (χ4n) is 2.16. The van der Waals surface area contributed by atoms with Gasteiger partial charge < -0.3 is 9.47 Å². The average molecular weight is 371 g/mol. The van der Waals surface area contributed by atoms with Crippen molar-refractivity contribution in [3.05, 3.63) is 22.2 Å². The van der Waals surface area contributed by atoms with E-state index in [4.69, 9.17) is 9.47 Å². The van der Waals surface area contributed by atoms with Gasteiger partial charge in [0.2, 0.25) is 0 Å². The molecular weight excluding hydrogens is 356 g/mol. The number of rotatable bonds is 5. The van der Waals surface area contributed by atoms with Crippen molar-refractivity contribution < 1.29 is 23.9 Å². The van der Waals surface area contributed by atoms with Crippen molar-refractivity contribution in [3.8, 4) is 11.5 Å². The fourth-order valence-corrected chi connectivity index (χ4v) is 2.60. The molecule has 0 radical (unpaired) electrons. The summed E-state index contributed by atoms with van der Waals surface area (Å²) in [7, 11) is 3.00. The molecule has 0 saturated carbocycles. The van der Waals surface area contributed by atoms with E-state index in [2.05, 4.69) is 15.9 Å². The number of urea groups is 1. The van der Waals surface area contributed by atoms with E-state index >= 15 is 0 Å². The van der Waals surface area contributed by atoms with Crippen molar-refractivity contribution >= 4 is 33.8 Å². The van der Waals surface area contributed by atoms with Crippen LogP contribution in [0.3, 0.4) is 0 Å². The highest BCUT2D eigenvalue weighted by Gasteiger charge is 2.43. The molecule has 0 spiro atoms. The lowest BCUT2D eigenvalue weighted by atomic mass is 10.2. The van der Waals surface area contributed by atoms with Crippen LogP contribution in [0.5, 0.6) is 11.5 Å². The van der Waals surface area contributed by atoms with E-state index in [0.29, 0.717) is 21.5 Å². The molecule has 0 unspecified atom stereocenters. The smallest absolute Gasteiger partial charge is 0.334 e. The molecule has 0 atom stereocenters. The molecule has 0 bridgehead atoms. The molecule has 7 nitrogen and oxygen atoms in total. The average Bonchev–Trinajstić information content (AvgIpc) is 2.71. The Morgan fingerprint density at radius 2 is 1.55 bits per heavy atom. The second kappa shape index (κ2) is 6.35. The van der Waals surface area contributed by atoms with Crippen LogP contribution < -0.4 is 9.47 Å². The van der Waals surface area contributed by atoms with E-state index in [1.807, 2.05) is 0 Å². The quantitative estimate of drug-likeness (QED) is 0.583. The first-order valence-corrected chi connectivity index (χ1v) is 7.31. The third-order valence-corrected chi connectivity index (χ3v) is 4.07. The number of methoxy groups -OCH3 is 2. The monoisotopic (exact) mass is 370 g/mol. The Labute approximate surface area is 135 Å². The van der Waals surface area contributed by atoms with E-state index in [9.17, 15) is 14.4 Å². The highest BCUT2D eigenvalue weighted by molar-refractivity contribution is 9.10. The van der Waals surface area contributed by atoms with Gasteiger partial charge in [-0.15, -0.1) is 0 Å². The van der Waals surface area contributed by atoms with E-state index < -0.39 is 17.8 Å². The molecule has 1 aliphatic rings. The predicted octanol–water partition coefficient (Wildman–Crippen LogP) is 1.78. The number of amides is 4. The summed E-state index contributed by atoms with van der Waals surface area (Å²) in [5.74, 6) is -0.639. The Hall–Kier alpha value is -2.09. The first kappa shape index (κ1) is 16.3. The first-order valence-electron chi connectivity index (χ1n) is 6.52. The summed E-state index contributed by atoms with van der Waals surface area (Å²) in [6.07, 6.45) is 0. The highest BCUT2D eigenvalue weighted by atomic mass is 79.9. The van der Waals surface area contributed by atoms with Gasteiger partial charge in [0, 0.05) is 11.0 Å². The Morgan fingerprint density at radius 3 is 2.05 bits per heavy atom. The zero-order valence-electron chi connectivity index (χ0n) is 12.4. The molecular formula is C14H15BrN2O5. The number of likely N-dealkylation sites (N-methyl/N-ethyl adjacent to an activating group) is 1. The van der Waals surface area contributed by atoms with Crippen LogP contribution in [0.2, 0.25) is 0 Å². The van der Waals surface area contributed by atoms with Gasteiger partial charge in [0.15, 0.2) is 11.5 Å². The molecule has 2 rings (SSSR count). The van der Waals surface area contributed by atoms with Crippen LogP contribution in [0, 0.1) is 0 Å². The number of benzene rings is 1. The van der Waals surface area contributed by atoms with E-state index in [-0.39, 0.29) is 13.1 Å². The molecule has 1 aliphatic heterocycles. The molecule has 4 amide bonds. The lowest BCUT2D eigenvalue weighted by Gasteiger charge is -2.17. The molecule has 0 N–H and O–H groups in total. The van der Waals surface area contributed by atoms with Crippen LogP contribution in [0.15, 0.2) is 16.6 Å². The minimum atomic E-state index is -0.825. The van der Waals surface area contributed by atoms with E-state index in [0.717, 1.165) is 9.80 Å². The fraction of sp³-hybridized carbons (Fsp3) is 0.357. The maximum atomic E-state index is 12.1. The maximum absolute atomic E-state index is 12.1. The van der Waals surface area contributed by atoms with Crippen LogP contribution in [0.1, 0.15) is 12.5 Å². The second-order valence-corrected chi connectivity index (χ2v) is 5.38. The van der Waals surface area contributed by atoms with Gasteiger partial charge in [-0.3, -0.25) is 19.4 Å². The Morgan fingerprint density at radius 1 is 1.00 bits per heavy atom. The van der Waals surface area contributed by atoms with Crippen LogP contribution in [-0.2, 0) is 16.1 Å². The number of ether oxygens (including phenoxy) is 2. The van der Waals surface area contributed by atoms with Crippen molar-refractivity contribution in [1.82, 2.24) is 9.80 Å². The number of hydrogen-bond acceptors (Lipinski definition) is 5. The standard InChI is InChI=1S/C14H15BrN2O5/c1-4-16-12(18)13(19)17(14(16)20)7-8-5-10(21-2)11(22-3)6-9(8)15/h5-6H,4,7H2,1-3H3. The Kier molecular flexibility index (Phi) is 4.70. The third kappa shape index (κ3) is 2.66. The zero-order chi connectivity index (χ0) is 16.4. The van der Waals surface area contributed by atoms with Gasteiger partial charge in [-0.05, 0) is 24.6 Å². The van der Waals surface area contributed by atoms with Crippen molar-refractivity contribution in [3.63, 3.8) is 0 Å². The summed E-state index contributed by atoms with van der Waals surface area (Å²) in [5.41, 5.74) is 0.630. The van der Waals surface area contributed by atoms with Gasteiger partial charge in [0.05, 0.1) is 20.8 Å². The summed E-state index contributed by atoms with van der Waals surface area (Å²) >= 11 is 3.36. The number of hydrogen-bond donors (Lipinski definition) is 0. The highest BCUT2D eigenvalue weighted by Crippen LogP contribution is 2.34. The predicted molar refractivity (Wildman–Crippen MR) is 80.6 cm³/mol. The molecule has 0 aromatic heterocycles. The normalized spacial score (nSPS) is 14.8. The molecule has 8 heteroatoms. The van der Waals surface area contributed by atoms with Crippen molar-refractivity contribution in [2.45, 2.75) is 13.5 Å². The van der Waals surface area contributed by atoms with Crippen molar-refractivity contribution in [2.24, 2.45) is 0 Å². The minimum Gasteiger partial charge on any atom is -0.493 e. The maximum Gasteiger partial charge on any atom is 0.334 e. The van der Waals surface area contributed by atoms with Crippen LogP contribution in [0.4, 0.5) is 4.79 Å². The van der Waals surface area contributed by atoms with E-state index in [1.165, 1.54) is 14.2 Å². The van der Waals surface area contributed by atoms with Crippen LogP contribution >= 0.6 is 15.9 Å². The van der Waals surface area contributed by atoms with Crippen molar-refractivity contribution in [1.29, 1.82) is 0 Å². The van der Waals surface area contributed by atoms with Gasteiger partial charge in [-0.1, -0.05) is 15.9 Å².